The first-order valence-electron chi connectivity index (χ1n) is 6.01. The Morgan fingerprint density at radius 3 is 2.38 bits per heavy atom. The van der Waals surface area contributed by atoms with Crippen molar-refractivity contribution in [3.63, 3.8) is 0 Å². The zero-order valence-electron chi connectivity index (χ0n) is 10.8. The molecule has 0 aliphatic heterocycles. The summed E-state index contributed by atoms with van der Waals surface area (Å²) in [4.78, 5) is 6.76. The summed E-state index contributed by atoms with van der Waals surface area (Å²) in [7, 11) is 1.82. The Morgan fingerprint density at radius 2 is 1.76 bits per heavy atom. The van der Waals surface area contributed by atoms with Gasteiger partial charge < -0.3 is 4.57 Å². The molecule has 0 spiro atoms. The van der Waals surface area contributed by atoms with Crippen molar-refractivity contribution in [3.05, 3.63) is 47.5 Å². The van der Waals surface area contributed by atoms with Crippen molar-refractivity contribution in [3.8, 4) is 11.3 Å². The van der Waals surface area contributed by atoms with E-state index in [1.165, 1.54) is 12.4 Å². The topological polar surface area (TPSA) is 30.7 Å². The van der Waals surface area contributed by atoms with Crippen LogP contribution in [0.15, 0.2) is 36.7 Å². The molecule has 0 atom stereocenters. The predicted molar refractivity (Wildman–Crippen MR) is 74.0 cm³/mol. The van der Waals surface area contributed by atoms with E-state index in [2.05, 4.69) is 9.97 Å². The smallest absolute Gasteiger partial charge is 0.344 e. The van der Waals surface area contributed by atoms with E-state index < -0.39 is 12.0 Å². The lowest BCUT2D eigenvalue weighted by molar-refractivity contribution is -0.144. The number of alkyl halides is 3. The van der Waals surface area contributed by atoms with E-state index in [1.54, 1.807) is 12.1 Å². The number of rotatable bonds is 1. The lowest BCUT2D eigenvalue weighted by atomic mass is 10.2. The zero-order valence-corrected chi connectivity index (χ0v) is 11.6. The lowest BCUT2D eigenvalue weighted by Gasteiger charge is -2.06. The molecule has 1 aromatic carbocycles. The number of hydrogen-bond donors (Lipinski definition) is 0. The fraction of sp³-hybridized carbons (Fsp3) is 0.143. The molecule has 2 heterocycles. The average Bonchev–Trinajstić information content (AvgIpc) is 2.74. The van der Waals surface area contributed by atoms with Gasteiger partial charge in [0.05, 0.1) is 5.69 Å². The number of aromatic nitrogens is 3. The van der Waals surface area contributed by atoms with Crippen LogP contribution in [0.1, 0.15) is 5.82 Å². The molecule has 7 heteroatoms. The highest BCUT2D eigenvalue weighted by Gasteiger charge is 2.34. The first kappa shape index (κ1) is 13.9. The van der Waals surface area contributed by atoms with E-state index in [0.29, 0.717) is 10.6 Å². The number of aryl methyl sites for hydroxylation is 1. The van der Waals surface area contributed by atoms with Crippen molar-refractivity contribution in [2.75, 3.05) is 0 Å². The molecular formula is C14H9ClF3N3. The molecule has 2 aromatic heterocycles. The highest BCUT2D eigenvalue weighted by molar-refractivity contribution is 6.31. The van der Waals surface area contributed by atoms with Crippen molar-refractivity contribution in [1.82, 2.24) is 14.5 Å². The minimum absolute atomic E-state index is 0.512. The molecule has 0 saturated heterocycles. The molecule has 0 saturated carbocycles. The number of benzene rings is 1. The summed E-state index contributed by atoms with van der Waals surface area (Å²) in [6.07, 6.45) is -2.19. The SMILES string of the molecule is Cn1c(-c2cnc(C(F)(F)F)nc2)cc2cc(Cl)ccc21. The summed E-state index contributed by atoms with van der Waals surface area (Å²) in [5.74, 6) is -1.15. The number of fused-ring (bicyclic) bond motifs is 1. The maximum Gasteiger partial charge on any atom is 0.451 e. The summed E-state index contributed by atoms with van der Waals surface area (Å²) in [6, 6.07) is 7.25. The van der Waals surface area contributed by atoms with Gasteiger partial charge in [0.2, 0.25) is 5.82 Å². The second-order valence-electron chi connectivity index (χ2n) is 4.58. The van der Waals surface area contributed by atoms with Crippen molar-refractivity contribution < 1.29 is 13.2 Å². The van der Waals surface area contributed by atoms with Crippen LogP contribution in [-0.2, 0) is 13.2 Å². The van der Waals surface area contributed by atoms with Crippen LogP contribution in [0.5, 0.6) is 0 Å². The first-order valence-corrected chi connectivity index (χ1v) is 6.38. The van der Waals surface area contributed by atoms with Gasteiger partial charge in [-0.2, -0.15) is 13.2 Å². The van der Waals surface area contributed by atoms with Crippen molar-refractivity contribution in [1.29, 1.82) is 0 Å². The third-order valence-corrected chi connectivity index (χ3v) is 3.44. The Bertz CT molecular complexity index is 807. The molecular weight excluding hydrogens is 303 g/mol. The standard InChI is InChI=1S/C14H9ClF3N3/c1-21-11-3-2-10(15)4-8(11)5-12(21)9-6-19-13(20-7-9)14(16,17)18/h2-7H,1H3. The summed E-state index contributed by atoms with van der Waals surface area (Å²) < 4.78 is 39.3. The monoisotopic (exact) mass is 311 g/mol. The third kappa shape index (κ3) is 2.47. The molecule has 0 fully saturated rings. The van der Waals surface area contributed by atoms with Gasteiger partial charge in [-0.1, -0.05) is 11.6 Å². The Hall–Kier alpha value is -2.08. The van der Waals surface area contributed by atoms with E-state index in [1.807, 2.05) is 23.7 Å². The van der Waals surface area contributed by atoms with Crippen LogP contribution < -0.4 is 0 Å². The molecule has 0 aliphatic carbocycles. The maximum atomic E-state index is 12.5. The summed E-state index contributed by atoms with van der Waals surface area (Å²) >= 11 is 5.94. The zero-order chi connectivity index (χ0) is 15.2. The minimum Gasteiger partial charge on any atom is -0.344 e. The molecule has 0 unspecified atom stereocenters. The molecule has 108 valence electrons. The molecule has 0 aliphatic rings. The average molecular weight is 312 g/mol. The van der Waals surface area contributed by atoms with E-state index in [0.717, 1.165) is 16.6 Å². The minimum atomic E-state index is -4.54. The van der Waals surface area contributed by atoms with Gasteiger partial charge in [0, 0.05) is 40.9 Å². The Labute approximate surface area is 123 Å². The molecule has 3 rings (SSSR count). The van der Waals surface area contributed by atoms with Crippen LogP contribution in [-0.4, -0.2) is 14.5 Å². The number of nitrogens with zero attached hydrogens (tertiary/aromatic N) is 3. The summed E-state index contributed by atoms with van der Waals surface area (Å²) in [5, 5.41) is 1.50. The highest BCUT2D eigenvalue weighted by atomic mass is 35.5. The van der Waals surface area contributed by atoms with Gasteiger partial charge in [-0.15, -0.1) is 0 Å². The predicted octanol–water partition coefficient (Wildman–Crippen LogP) is 4.31. The molecule has 0 amide bonds. The fourth-order valence-corrected chi connectivity index (χ4v) is 2.38. The van der Waals surface area contributed by atoms with Crippen LogP contribution in [0.25, 0.3) is 22.2 Å². The lowest BCUT2D eigenvalue weighted by Crippen LogP contribution is -2.10. The highest BCUT2D eigenvalue weighted by Crippen LogP contribution is 2.30. The van der Waals surface area contributed by atoms with E-state index >= 15 is 0 Å². The third-order valence-electron chi connectivity index (χ3n) is 3.21. The molecule has 21 heavy (non-hydrogen) atoms. The van der Waals surface area contributed by atoms with Crippen LogP contribution in [0.3, 0.4) is 0 Å². The molecule has 3 nitrogen and oxygen atoms in total. The Balaban J connectivity index is 2.10. The van der Waals surface area contributed by atoms with E-state index in [-0.39, 0.29) is 0 Å². The van der Waals surface area contributed by atoms with Crippen molar-refractivity contribution in [2.45, 2.75) is 6.18 Å². The van der Waals surface area contributed by atoms with E-state index in [4.69, 9.17) is 11.6 Å². The van der Waals surface area contributed by atoms with Gasteiger partial charge in [-0.3, -0.25) is 0 Å². The molecule has 0 bridgehead atoms. The fourth-order valence-electron chi connectivity index (χ4n) is 2.20. The Morgan fingerprint density at radius 1 is 1.10 bits per heavy atom. The van der Waals surface area contributed by atoms with Crippen LogP contribution >= 0.6 is 11.6 Å². The number of hydrogen-bond acceptors (Lipinski definition) is 2. The van der Waals surface area contributed by atoms with Crippen molar-refractivity contribution >= 4 is 22.5 Å². The van der Waals surface area contributed by atoms with Gasteiger partial charge >= 0.3 is 6.18 Å². The van der Waals surface area contributed by atoms with Gasteiger partial charge in [-0.25, -0.2) is 9.97 Å². The normalized spacial score (nSPS) is 12.0. The van der Waals surface area contributed by atoms with Crippen LogP contribution in [0.4, 0.5) is 13.2 Å². The maximum absolute atomic E-state index is 12.5. The summed E-state index contributed by atoms with van der Waals surface area (Å²) in [6.45, 7) is 0. The second-order valence-corrected chi connectivity index (χ2v) is 5.02. The molecule has 3 aromatic rings. The van der Waals surface area contributed by atoms with Gasteiger partial charge in [-0.05, 0) is 24.3 Å². The summed E-state index contributed by atoms with van der Waals surface area (Å²) in [5.41, 5.74) is 2.16. The van der Waals surface area contributed by atoms with Crippen molar-refractivity contribution in [2.24, 2.45) is 7.05 Å². The molecule has 0 radical (unpaired) electrons. The second kappa shape index (κ2) is 4.73. The quantitative estimate of drug-likeness (QED) is 0.670. The molecule has 0 N–H and O–H groups in total. The van der Waals surface area contributed by atoms with Crippen LogP contribution in [0.2, 0.25) is 5.02 Å². The van der Waals surface area contributed by atoms with Crippen LogP contribution in [0, 0.1) is 0 Å². The van der Waals surface area contributed by atoms with Gasteiger partial charge in [0.25, 0.3) is 0 Å². The largest absolute Gasteiger partial charge is 0.451 e. The van der Waals surface area contributed by atoms with Gasteiger partial charge in [0.1, 0.15) is 0 Å². The Kier molecular flexibility index (Phi) is 3.13. The van der Waals surface area contributed by atoms with Gasteiger partial charge in [0.15, 0.2) is 0 Å². The number of halogens is 4. The van der Waals surface area contributed by atoms with E-state index in [9.17, 15) is 13.2 Å². The first-order chi connectivity index (χ1) is 9.86.